The number of anilines is 1. The predicted octanol–water partition coefficient (Wildman–Crippen LogP) is 2.65. The zero-order valence-electron chi connectivity index (χ0n) is 14.9. The van der Waals surface area contributed by atoms with Gasteiger partial charge >= 0.3 is 0 Å². The molecule has 7 heteroatoms. The highest BCUT2D eigenvalue weighted by Gasteiger charge is 2.23. The standard InChI is InChI=1S/C19H23FN2O3S/c1-15-7-5-8-16(13-15)9-6-12-21-19(23)14-22(26(2,24)25)18-11-4-3-10-17(18)20/h3-5,7-8,10-11,13H,6,9,12,14H2,1-2H3,(H,21,23). The third kappa shape index (κ3) is 5.84. The maximum absolute atomic E-state index is 13.9. The van der Waals surface area contributed by atoms with Crippen molar-refractivity contribution < 1.29 is 17.6 Å². The van der Waals surface area contributed by atoms with Gasteiger partial charge < -0.3 is 5.32 Å². The molecule has 140 valence electrons. The van der Waals surface area contributed by atoms with Crippen molar-refractivity contribution in [1.29, 1.82) is 0 Å². The van der Waals surface area contributed by atoms with Crippen LogP contribution >= 0.6 is 0 Å². The molecule has 0 aliphatic rings. The number of carbonyl (C=O) groups is 1. The summed E-state index contributed by atoms with van der Waals surface area (Å²) in [6.45, 7) is 1.99. The molecule has 0 saturated heterocycles. The summed E-state index contributed by atoms with van der Waals surface area (Å²) < 4.78 is 38.6. The first-order chi connectivity index (χ1) is 12.3. The van der Waals surface area contributed by atoms with Crippen LogP contribution in [0.15, 0.2) is 48.5 Å². The lowest BCUT2D eigenvalue weighted by Gasteiger charge is -2.22. The lowest BCUT2D eigenvalue weighted by Crippen LogP contribution is -2.41. The molecule has 1 N–H and O–H groups in total. The van der Waals surface area contributed by atoms with Crippen molar-refractivity contribution in [2.24, 2.45) is 0 Å². The quantitative estimate of drug-likeness (QED) is 0.718. The first-order valence-electron chi connectivity index (χ1n) is 8.32. The number of amides is 1. The summed E-state index contributed by atoms with van der Waals surface area (Å²) in [4.78, 5) is 12.1. The molecule has 0 atom stereocenters. The number of rotatable bonds is 8. The van der Waals surface area contributed by atoms with E-state index in [-0.39, 0.29) is 5.69 Å². The highest BCUT2D eigenvalue weighted by atomic mass is 32.2. The molecule has 2 rings (SSSR count). The van der Waals surface area contributed by atoms with Crippen molar-refractivity contribution >= 4 is 21.6 Å². The van der Waals surface area contributed by atoms with Gasteiger partial charge in [0.15, 0.2) is 0 Å². The van der Waals surface area contributed by atoms with Crippen LogP contribution in [0.1, 0.15) is 17.5 Å². The SMILES string of the molecule is Cc1cccc(CCCNC(=O)CN(c2ccccc2F)S(C)(=O)=O)c1. The largest absolute Gasteiger partial charge is 0.355 e. The van der Waals surface area contributed by atoms with Gasteiger partial charge in [0.05, 0.1) is 11.9 Å². The first kappa shape index (κ1) is 19.9. The average Bonchev–Trinajstić information content (AvgIpc) is 2.56. The maximum atomic E-state index is 13.9. The number of sulfonamides is 1. The van der Waals surface area contributed by atoms with E-state index in [1.807, 2.05) is 25.1 Å². The van der Waals surface area contributed by atoms with Crippen LogP contribution < -0.4 is 9.62 Å². The monoisotopic (exact) mass is 378 g/mol. The summed E-state index contributed by atoms with van der Waals surface area (Å²) in [5.41, 5.74) is 2.23. The highest BCUT2D eigenvalue weighted by molar-refractivity contribution is 7.92. The van der Waals surface area contributed by atoms with Crippen molar-refractivity contribution in [3.05, 3.63) is 65.5 Å². The molecule has 0 unspecified atom stereocenters. The highest BCUT2D eigenvalue weighted by Crippen LogP contribution is 2.20. The van der Waals surface area contributed by atoms with E-state index in [0.29, 0.717) is 6.54 Å². The van der Waals surface area contributed by atoms with Crippen LogP contribution in [-0.4, -0.2) is 33.7 Å². The molecule has 0 spiro atoms. The van der Waals surface area contributed by atoms with E-state index in [1.54, 1.807) is 0 Å². The third-order valence-corrected chi connectivity index (χ3v) is 4.98. The fourth-order valence-corrected chi connectivity index (χ4v) is 3.47. The predicted molar refractivity (Wildman–Crippen MR) is 101 cm³/mol. The summed E-state index contributed by atoms with van der Waals surface area (Å²) in [5, 5.41) is 2.69. The van der Waals surface area contributed by atoms with Gasteiger partial charge in [0.1, 0.15) is 12.4 Å². The van der Waals surface area contributed by atoms with Crippen LogP contribution in [0.5, 0.6) is 0 Å². The van der Waals surface area contributed by atoms with E-state index in [2.05, 4.69) is 11.4 Å². The van der Waals surface area contributed by atoms with Crippen LogP contribution in [-0.2, 0) is 21.2 Å². The van der Waals surface area contributed by atoms with Crippen LogP contribution in [0.25, 0.3) is 0 Å². The second kappa shape index (κ2) is 8.80. The van der Waals surface area contributed by atoms with Gasteiger partial charge in [0, 0.05) is 6.54 Å². The number of halogens is 1. The molecule has 0 radical (unpaired) electrons. The second-order valence-corrected chi connectivity index (χ2v) is 8.07. The van der Waals surface area contributed by atoms with E-state index in [4.69, 9.17) is 0 Å². The Morgan fingerprint density at radius 1 is 1.15 bits per heavy atom. The number of aryl methyl sites for hydroxylation is 2. The number of nitrogens with one attached hydrogen (secondary N) is 1. The molecular formula is C19H23FN2O3S. The normalized spacial score (nSPS) is 11.2. The van der Waals surface area contributed by atoms with Gasteiger partial charge in [0.2, 0.25) is 15.9 Å². The lowest BCUT2D eigenvalue weighted by atomic mass is 10.1. The molecule has 0 aliphatic heterocycles. The van der Waals surface area contributed by atoms with Crippen molar-refractivity contribution in [3.63, 3.8) is 0 Å². The van der Waals surface area contributed by atoms with Crippen molar-refractivity contribution in [3.8, 4) is 0 Å². The zero-order valence-corrected chi connectivity index (χ0v) is 15.7. The molecule has 0 aromatic heterocycles. The van der Waals surface area contributed by atoms with Crippen molar-refractivity contribution in [2.75, 3.05) is 23.7 Å². The molecule has 0 bridgehead atoms. The van der Waals surface area contributed by atoms with Crippen molar-refractivity contribution in [1.82, 2.24) is 5.32 Å². The van der Waals surface area contributed by atoms with Gasteiger partial charge in [-0.05, 0) is 37.5 Å². The van der Waals surface area contributed by atoms with Gasteiger partial charge in [-0.1, -0.05) is 42.0 Å². The van der Waals surface area contributed by atoms with Gasteiger partial charge in [0.25, 0.3) is 0 Å². The van der Waals surface area contributed by atoms with Crippen LogP contribution in [0.4, 0.5) is 10.1 Å². The molecule has 0 saturated carbocycles. The Morgan fingerprint density at radius 2 is 1.88 bits per heavy atom. The lowest BCUT2D eigenvalue weighted by molar-refractivity contribution is -0.119. The van der Waals surface area contributed by atoms with E-state index in [0.717, 1.165) is 29.5 Å². The van der Waals surface area contributed by atoms with Crippen molar-refractivity contribution in [2.45, 2.75) is 19.8 Å². The van der Waals surface area contributed by atoms with Gasteiger partial charge in [-0.15, -0.1) is 0 Å². The summed E-state index contributed by atoms with van der Waals surface area (Å²) >= 11 is 0. The van der Waals surface area contributed by atoms with Gasteiger partial charge in [-0.2, -0.15) is 0 Å². The Hall–Kier alpha value is -2.41. The van der Waals surface area contributed by atoms with Gasteiger partial charge in [-0.25, -0.2) is 12.8 Å². The topological polar surface area (TPSA) is 66.5 Å². The molecule has 0 fully saturated rings. The van der Waals surface area contributed by atoms with E-state index in [1.165, 1.54) is 29.3 Å². The minimum atomic E-state index is -3.78. The number of nitrogens with zero attached hydrogens (tertiary/aromatic N) is 1. The van der Waals surface area contributed by atoms with Crippen LogP contribution in [0, 0.1) is 12.7 Å². The number of hydrogen-bond acceptors (Lipinski definition) is 3. The number of hydrogen-bond donors (Lipinski definition) is 1. The molecule has 2 aromatic rings. The zero-order chi connectivity index (χ0) is 19.2. The molecule has 0 aliphatic carbocycles. The number of para-hydroxylation sites is 1. The smallest absolute Gasteiger partial charge is 0.240 e. The Bertz CT molecular complexity index is 869. The minimum Gasteiger partial charge on any atom is -0.355 e. The minimum absolute atomic E-state index is 0.134. The molecule has 1 amide bonds. The Balaban J connectivity index is 1.91. The van der Waals surface area contributed by atoms with Crippen LogP contribution in [0.3, 0.4) is 0 Å². The third-order valence-electron chi connectivity index (χ3n) is 3.86. The molecule has 5 nitrogen and oxygen atoms in total. The molecular weight excluding hydrogens is 355 g/mol. The summed E-state index contributed by atoms with van der Waals surface area (Å²) in [7, 11) is -3.78. The number of carbonyl (C=O) groups excluding carboxylic acids is 1. The number of benzene rings is 2. The summed E-state index contributed by atoms with van der Waals surface area (Å²) in [6.07, 6.45) is 2.49. The first-order valence-corrected chi connectivity index (χ1v) is 10.2. The van der Waals surface area contributed by atoms with Gasteiger partial charge in [-0.3, -0.25) is 9.10 Å². The average molecular weight is 378 g/mol. The fourth-order valence-electron chi connectivity index (χ4n) is 2.61. The summed E-state index contributed by atoms with van der Waals surface area (Å²) in [6, 6.07) is 13.6. The Morgan fingerprint density at radius 3 is 2.54 bits per heavy atom. The van der Waals surface area contributed by atoms with E-state index < -0.39 is 28.3 Å². The molecule has 26 heavy (non-hydrogen) atoms. The Labute approximate surface area is 153 Å². The molecule has 0 heterocycles. The van der Waals surface area contributed by atoms with E-state index >= 15 is 0 Å². The van der Waals surface area contributed by atoms with E-state index in [9.17, 15) is 17.6 Å². The fraction of sp³-hybridized carbons (Fsp3) is 0.316. The maximum Gasteiger partial charge on any atom is 0.240 e. The molecule has 2 aromatic carbocycles. The van der Waals surface area contributed by atoms with Crippen LogP contribution in [0.2, 0.25) is 0 Å². The summed E-state index contributed by atoms with van der Waals surface area (Å²) in [5.74, 6) is -1.16. The Kier molecular flexibility index (Phi) is 6.74. The second-order valence-electron chi connectivity index (χ2n) is 6.16.